The number of nitrogens with one attached hydrogen (secondary N) is 1. The summed E-state index contributed by atoms with van der Waals surface area (Å²) in [4.78, 5) is 16.5. The standard InChI is InChI=1S/C18H20ClN7O/c1-2-16-22-23-17-11-15(12-20-26(16)17)24-6-8-25(9-7-24)18(27)21-14-5-3-4-13(19)10-14/h3-5,10-12H,2,6-9H2,1H3,(H,21,27). The second-order valence-electron chi connectivity index (χ2n) is 6.37. The molecule has 1 aliphatic rings. The number of benzene rings is 1. The van der Waals surface area contributed by atoms with Crippen LogP contribution in [0.5, 0.6) is 0 Å². The normalized spacial score (nSPS) is 14.6. The van der Waals surface area contributed by atoms with E-state index in [2.05, 4.69) is 25.5 Å². The molecule has 0 saturated carbocycles. The number of nitrogens with zero attached hydrogens (tertiary/aromatic N) is 6. The van der Waals surface area contributed by atoms with E-state index in [1.807, 2.05) is 31.3 Å². The fourth-order valence-corrected chi connectivity index (χ4v) is 3.35. The lowest BCUT2D eigenvalue weighted by atomic mass is 10.3. The van der Waals surface area contributed by atoms with E-state index in [4.69, 9.17) is 11.6 Å². The number of urea groups is 1. The van der Waals surface area contributed by atoms with Crippen LogP contribution in [0.4, 0.5) is 16.2 Å². The summed E-state index contributed by atoms with van der Waals surface area (Å²) in [6, 6.07) is 9.02. The van der Waals surface area contributed by atoms with Gasteiger partial charge in [0.05, 0.1) is 11.9 Å². The van der Waals surface area contributed by atoms with E-state index < -0.39 is 0 Å². The molecule has 2 aromatic heterocycles. The summed E-state index contributed by atoms with van der Waals surface area (Å²) in [5, 5.41) is 16.3. The van der Waals surface area contributed by atoms with E-state index >= 15 is 0 Å². The SMILES string of the molecule is CCc1nnc2cc(N3CCN(C(=O)Nc4cccc(Cl)c4)CC3)cnn12. The minimum Gasteiger partial charge on any atom is -0.367 e. The number of carbonyl (C=O) groups excluding carboxylic acids is 1. The average molecular weight is 386 g/mol. The Morgan fingerprint density at radius 2 is 2.00 bits per heavy atom. The van der Waals surface area contributed by atoms with Crippen LogP contribution in [0, 0.1) is 0 Å². The van der Waals surface area contributed by atoms with Crippen molar-refractivity contribution >= 4 is 34.7 Å². The minimum atomic E-state index is -0.115. The zero-order chi connectivity index (χ0) is 18.8. The largest absolute Gasteiger partial charge is 0.367 e. The van der Waals surface area contributed by atoms with Gasteiger partial charge in [0.1, 0.15) is 0 Å². The van der Waals surface area contributed by atoms with Crippen molar-refractivity contribution in [1.82, 2.24) is 24.7 Å². The molecule has 1 N–H and O–H groups in total. The number of hydrogen-bond acceptors (Lipinski definition) is 5. The van der Waals surface area contributed by atoms with Gasteiger partial charge in [0.15, 0.2) is 11.5 Å². The van der Waals surface area contributed by atoms with E-state index in [9.17, 15) is 4.79 Å². The number of piperazine rings is 1. The monoisotopic (exact) mass is 385 g/mol. The highest BCUT2D eigenvalue weighted by Gasteiger charge is 2.22. The molecule has 4 rings (SSSR count). The first-order valence-electron chi connectivity index (χ1n) is 8.91. The van der Waals surface area contributed by atoms with Crippen LogP contribution < -0.4 is 10.2 Å². The number of aromatic nitrogens is 4. The van der Waals surface area contributed by atoms with Crippen LogP contribution in [0.2, 0.25) is 5.02 Å². The predicted molar refractivity (Wildman–Crippen MR) is 104 cm³/mol. The van der Waals surface area contributed by atoms with Crippen molar-refractivity contribution < 1.29 is 4.79 Å². The number of rotatable bonds is 3. The Morgan fingerprint density at radius 3 is 2.74 bits per heavy atom. The zero-order valence-electron chi connectivity index (χ0n) is 15.0. The van der Waals surface area contributed by atoms with E-state index in [-0.39, 0.29) is 6.03 Å². The smallest absolute Gasteiger partial charge is 0.321 e. The third kappa shape index (κ3) is 3.66. The molecule has 1 fully saturated rings. The highest BCUT2D eigenvalue weighted by molar-refractivity contribution is 6.30. The second-order valence-corrected chi connectivity index (χ2v) is 6.80. The van der Waals surface area contributed by atoms with Crippen molar-refractivity contribution in [2.45, 2.75) is 13.3 Å². The molecule has 2 amide bonds. The lowest BCUT2D eigenvalue weighted by Gasteiger charge is -2.35. The molecule has 1 aliphatic heterocycles. The Labute approximate surface area is 161 Å². The maximum atomic E-state index is 12.5. The third-order valence-electron chi connectivity index (χ3n) is 4.64. The van der Waals surface area contributed by atoms with E-state index in [1.165, 1.54) is 0 Å². The van der Waals surface area contributed by atoms with Gasteiger partial charge in [-0.15, -0.1) is 10.2 Å². The Balaban J connectivity index is 1.39. The van der Waals surface area contributed by atoms with Gasteiger partial charge in [0.2, 0.25) is 0 Å². The van der Waals surface area contributed by atoms with Gasteiger partial charge >= 0.3 is 6.03 Å². The summed E-state index contributed by atoms with van der Waals surface area (Å²) < 4.78 is 1.76. The van der Waals surface area contributed by atoms with Gasteiger partial charge in [0.25, 0.3) is 0 Å². The number of aryl methyl sites for hydroxylation is 1. The lowest BCUT2D eigenvalue weighted by molar-refractivity contribution is 0.208. The number of fused-ring (bicyclic) bond motifs is 1. The average Bonchev–Trinajstić information content (AvgIpc) is 3.10. The van der Waals surface area contributed by atoms with Gasteiger partial charge in [-0.05, 0) is 18.2 Å². The maximum absolute atomic E-state index is 12.5. The van der Waals surface area contributed by atoms with Crippen molar-refractivity contribution in [3.05, 3.63) is 47.4 Å². The van der Waals surface area contributed by atoms with Crippen LogP contribution in [0.25, 0.3) is 5.65 Å². The van der Waals surface area contributed by atoms with Crippen molar-refractivity contribution in [3.8, 4) is 0 Å². The highest BCUT2D eigenvalue weighted by Crippen LogP contribution is 2.19. The van der Waals surface area contributed by atoms with Gasteiger partial charge in [-0.25, -0.2) is 4.79 Å². The molecule has 0 spiro atoms. The van der Waals surface area contributed by atoms with Gasteiger partial charge in [-0.2, -0.15) is 9.61 Å². The molecule has 27 heavy (non-hydrogen) atoms. The Kier molecular flexibility index (Phi) is 4.81. The summed E-state index contributed by atoms with van der Waals surface area (Å²) in [5.41, 5.74) is 2.43. The molecule has 140 valence electrons. The van der Waals surface area contributed by atoms with Crippen molar-refractivity contribution in [1.29, 1.82) is 0 Å². The molecule has 0 radical (unpaired) electrons. The first kappa shape index (κ1) is 17.5. The summed E-state index contributed by atoms with van der Waals surface area (Å²) in [7, 11) is 0. The fraction of sp³-hybridized carbons (Fsp3) is 0.333. The Morgan fingerprint density at radius 1 is 1.19 bits per heavy atom. The zero-order valence-corrected chi connectivity index (χ0v) is 15.7. The number of carbonyl (C=O) groups is 1. The number of halogens is 1. The lowest BCUT2D eigenvalue weighted by Crippen LogP contribution is -2.50. The molecule has 3 heterocycles. The van der Waals surface area contributed by atoms with Crippen molar-refractivity contribution in [2.75, 3.05) is 36.4 Å². The Bertz CT molecular complexity index is 965. The van der Waals surface area contributed by atoms with Crippen molar-refractivity contribution in [3.63, 3.8) is 0 Å². The summed E-state index contributed by atoms with van der Waals surface area (Å²) >= 11 is 5.96. The molecule has 0 aliphatic carbocycles. The van der Waals surface area contributed by atoms with Crippen LogP contribution in [0.3, 0.4) is 0 Å². The number of amides is 2. The number of hydrogen-bond donors (Lipinski definition) is 1. The van der Waals surface area contributed by atoms with Crippen molar-refractivity contribution in [2.24, 2.45) is 0 Å². The Hall–Kier alpha value is -2.87. The van der Waals surface area contributed by atoms with Gasteiger partial charge < -0.3 is 15.1 Å². The van der Waals surface area contributed by atoms with Crippen LogP contribution in [-0.4, -0.2) is 56.9 Å². The molecule has 0 unspecified atom stereocenters. The highest BCUT2D eigenvalue weighted by atomic mass is 35.5. The summed E-state index contributed by atoms with van der Waals surface area (Å²) in [6.45, 7) is 4.75. The first-order chi connectivity index (χ1) is 13.1. The molecule has 1 aromatic carbocycles. The molecule has 9 heteroatoms. The molecule has 3 aromatic rings. The quantitative estimate of drug-likeness (QED) is 0.749. The summed E-state index contributed by atoms with van der Waals surface area (Å²) in [5.74, 6) is 0.846. The van der Waals surface area contributed by atoms with Crippen LogP contribution >= 0.6 is 11.6 Å². The summed E-state index contributed by atoms with van der Waals surface area (Å²) in [6.07, 6.45) is 2.62. The predicted octanol–water partition coefficient (Wildman–Crippen LogP) is 2.69. The topological polar surface area (TPSA) is 78.7 Å². The minimum absolute atomic E-state index is 0.115. The van der Waals surface area contributed by atoms with E-state index in [0.717, 1.165) is 36.7 Å². The molecule has 1 saturated heterocycles. The van der Waals surface area contributed by atoms with E-state index in [1.54, 1.807) is 21.5 Å². The van der Waals surface area contributed by atoms with Crippen LogP contribution in [0.1, 0.15) is 12.7 Å². The second kappa shape index (κ2) is 7.40. The van der Waals surface area contributed by atoms with Crippen LogP contribution in [0.15, 0.2) is 36.5 Å². The molecular formula is C18H20ClN7O. The molecular weight excluding hydrogens is 366 g/mol. The first-order valence-corrected chi connectivity index (χ1v) is 9.28. The van der Waals surface area contributed by atoms with E-state index in [0.29, 0.717) is 23.8 Å². The van der Waals surface area contributed by atoms with Gasteiger partial charge in [-0.3, -0.25) is 0 Å². The molecule has 8 nitrogen and oxygen atoms in total. The van der Waals surface area contributed by atoms with Crippen LogP contribution in [-0.2, 0) is 6.42 Å². The third-order valence-corrected chi connectivity index (χ3v) is 4.87. The maximum Gasteiger partial charge on any atom is 0.321 e. The van der Waals surface area contributed by atoms with Gasteiger partial charge in [0, 0.05) is 49.4 Å². The number of anilines is 2. The fourth-order valence-electron chi connectivity index (χ4n) is 3.16. The molecule has 0 bridgehead atoms. The molecule has 0 atom stereocenters. The van der Waals surface area contributed by atoms with Gasteiger partial charge in [-0.1, -0.05) is 24.6 Å².